The van der Waals surface area contributed by atoms with Gasteiger partial charge in [-0.25, -0.2) is 4.99 Å². The molecule has 40 heavy (non-hydrogen) atoms. The topological polar surface area (TPSA) is 80.0 Å². The van der Waals surface area contributed by atoms with Gasteiger partial charge in [0.1, 0.15) is 5.84 Å². The van der Waals surface area contributed by atoms with Crippen LogP contribution in [0, 0.1) is 5.41 Å². The smallest absolute Gasteiger partial charge is 0.154 e. The molecule has 0 aliphatic carbocycles. The molecule has 3 N–H and O–H groups in total. The van der Waals surface area contributed by atoms with Crippen LogP contribution >= 0.6 is 0 Å². The van der Waals surface area contributed by atoms with E-state index in [0.29, 0.717) is 5.84 Å². The van der Waals surface area contributed by atoms with Crippen LogP contribution in [-0.2, 0) is 0 Å². The first-order valence-electron chi connectivity index (χ1n) is 13.1. The summed E-state index contributed by atoms with van der Waals surface area (Å²) in [6.45, 7) is 0. The Morgan fingerprint density at radius 2 is 1.38 bits per heavy atom. The van der Waals surface area contributed by atoms with E-state index in [1.54, 1.807) is 0 Å². The molecule has 0 bridgehead atoms. The number of amidine groups is 2. The summed E-state index contributed by atoms with van der Waals surface area (Å²) < 4.78 is 2.27. The predicted octanol–water partition coefficient (Wildman–Crippen LogP) is 7.73. The molecule has 0 saturated carbocycles. The van der Waals surface area contributed by atoms with E-state index in [-0.39, 0.29) is 5.84 Å². The number of hydrogen-bond acceptors (Lipinski definition) is 2. The van der Waals surface area contributed by atoms with Gasteiger partial charge in [-0.15, -0.1) is 0 Å². The molecule has 7 aromatic rings. The van der Waals surface area contributed by atoms with Crippen molar-refractivity contribution < 1.29 is 0 Å². The van der Waals surface area contributed by atoms with Gasteiger partial charge in [-0.2, -0.15) is 0 Å². The molecule has 7 rings (SSSR count). The van der Waals surface area contributed by atoms with Crippen LogP contribution in [0.4, 0.5) is 0 Å². The zero-order chi connectivity index (χ0) is 27.1. The number of rotatable bonds is 4. The predicted molar refractivity (Wildman–Crippen MR) is 166 cm³/mol. The van der Waals surface area contributed by atoms with Gasteiger partial charge in [-0.1, -0.05) is 84.9 Å². The Kier molecular flexibility index (Phi) is 5.68. The highest BCUT2D eigenvalue weighted by Crippen LogP contribution is 2.33. The molecule has 0 fully saturated rings. The lowest BCUT2D eigenvalue weighted by atomic mass is 9.94. The van der Waals surface area contributed by atoms with Crippen LogP contribution in [0.3, 0.4) is 0 Å². The molecule has 0 spiro atoms. The average Bonchev–Trinajstić information content (AvgIpc) is 3.35. The molecule has 5 aromatic carbocycles. The maximum atomic E-state index is 8.51. The second kappa shape index (κ2) is 9.64. The highest BCUT2D eigenvalue weighted by Gasteiger charge is 2.15. The zero-order valence-corrected chi connectivity index (χ0v) is 21.6. The Labute approximate surface area is 231 Å². The van der Waals surface area contributed by atoms with E-state index in [9.17, 15) is 0 Å². The van der Waals surface area contributed by atoms with E-state index in [1.807, 2.05) is 54.9 Å². The third-order valence-electron chi connectivity index (χ3n) is 7.35. The summed E-state index contributed by atoms with van der Waals surface area (Å²) in [6, 6.07) is 40.9. The maximum absolute atomic E-state index is 8.51. The van der Waals surface area contributed by atoms with Crippen LogP contribution in [0.2, 0.25) is 0 Å². The Morgan fingerprint density at radius 3 is 2.17 bits per heavy atom. The van der Waals surface area contributed by atoms with Gasteiger partial charge in [0.25, 0.3) is 0 Å². The lowest BCUT2D eigenvalue weighted by Gasteiger charge is -2.14. The minimum Gasteiger partial charge on any atom is -0.383 e. The van der Waals surface area contributed by atoms with Crippen LogP contribution in [0.15, 0.2) is 139 Å². The van der Waals surface area contributed by atoms with Crippen molar-refractivity contribution in [2.45, 2.75) is 0 Å². The Hall–Kier alpha value is -5.55. The largest absolute Gasteiger partial charge is 0.383 e. The molecule has 5 nitrogen and oxygen atoms in total. The van der Waals surface area contributed by atoms with Crippen molar-refractivity contribution in [2.75, 3.05) is 0 Å². The van der Waals surface area contributed by atoms with E-state index in [2.05, 4.69) is 93.4 Å². The molecular weight excluding hydrogens is 490 g/mol. The number of nitrogens with two attached hydrogens (primary N) is 1. The van der Waals surface area contributed by atoms with Crippen molar-refractivity contribution in [3.05, 3.63) is 145 Å². The first-order valence-corrected chi connectivity index (χ1v) is 13.1. The van der Waals surface area contributed by atoms with Crippen LogP contribution < -0.4 is 5.73 Å². The first kappa shape index (κ1) is 23.6. The summed E-state index contributed by atoms with van der Waals surface area (Å²) in [4.78, 5) is 8.87. The summed E-state index contributed by atoms with van der Waals surface area (Å²) in [5.41, 5.74) is 13.4. The van der Waals surface area contributed by atoms with Gasteiger partial charge in [0.2, 0.25) is 0 Å². The number of para-hydroxylation sites is 1. The van der Waals surface area contributed by atoms with E-state index in [4.69, 9.17) is 11.1 Å². The molecule has 2 heterocycles. The molecule has 0 amide bonds. The summed E-state index contributed by atoms with van der Waals surface area (Å²) in [5, 5.41) is 13.0. The quantitative estimate of drug-likeness (QED) is 0.186. The van der Waals surface area contributed by atoms with E-state index < -0.39 is 0 Å². The van der Waals surface area contributed by atoms with Gasteiger partial charge in [-0.3, -0.25) is 10.4 Å². The lowest BCUT2D eigenvalue weighted by Crippen LogP contribution is -2.17. The van der Waals surface area contributed by atoms with Gasteiger partial charge in [0.05, 0.1) is 11.0 Å². The van der Waals surface area contributed by atoms with Gasteiger partial charge in [0.15, 0.2) is 5.84 Å². The number of benzene rings is 5. The molecular formula is C35H25N5. The zero-order valence-electron chi connectivity index (χ0n) is 21.6. The van der Waals surface area contributed by atoms with Crippen LogP contribution in [0.25, 0.3) is 49.4 Å². The van der Waals surface area contributed by atoms with Crippen molar-refractivity contribution in [2.24, 2.45) is 10.7 Å². The summed E-state index contributed by atoms with van der Waals surface area (Å²) >= 11 is 0. The standard InChI is InChI=1S/C35H25N5/c36-34(24-8-2-1-3-9-24)39-35(37)30-21-26-11-5-4-10-25(26)20-29(30)23-14-16-27(17-15-23)40-32-13-7-6-12-28(32)31-22-38-19-18-33(31)40/h1-22H,(H3,36,37,39). The van der Waals surface area contributed by atoms with Crippen LogP contribution in [0.1, 0.15) is 11.1 Å². The monoisotopic (exact) mass is 515 g/mol. The molecule has 0 saturated heterocycles. The normalized spacial score (nSPS) is 11.8. The molecule has 0 unspecified atom stereocenters. The first-order chi connectivity index (χ1) is 19.7. The number of aliphatic imine (C=N–C) groups is 1. The number of fused-ring (bicyclic) bond motifs is 4. The Morgan fingerprint density at radius 1 is 0.700 bits per heavy atom. The summed E-state index contributed by atoms with van der Waals surface area (Å²) in [5.74, 6) is 0.446. The fraction of sp³-hybridized carbons (Fsp3) is 0. The van der Waals surface area contributed by atoms with Gasteiger partial charge >= 0.3 is 0 Å². The van der Waals surface area contributed by atoms with Crippen molar-refractivity contribution in [3.63, 3.8) is 0 Å². The molecule has 0 aliphatic rings. The number of aromatic nitrogens is 2. The molecule has 2 aromatic heterocycles. The minimum absolute atomic E-state index is 0.133. The van der Waals surface area contributed by atoms with Crippen molar-refractivity contribution in [1.29, 1.82) is 5.41 Å². The Bertz CT molecular complexity index is 2020. The number of nitrogens with zero attached hydrogens (tertiary/aromatic N) is 3. The van der Waals surface area contributed by atoms with Gasteiger partial charge < -0.3 is 10.3 Å². The number of pyridine rings is 1. The third-order valence-corrected chi connectivity index (χ3v) is 7.35. The minimum atomic E-state index is 0.133. The average molecular weight is 516 g/mol. The molecule has 5 heteroatoms. The summed E-state index contributed by atoms with van der Waals surface area (Å²) in [7, 11) is 0. The van der Waals surface area contributed by atoms with E-state index in [0.717, 1.165) is 55.1 Å². The maximum Gasteiger partial charge on any atom is 0.154 e. The highest BCUT2D eigenvalue weighted by atomic mass is 15.0. The van der Waals surface area contributed by atoms with Crippen molar-refractivity contribution >= 4 is 44.2 Å². The molecule has 0 aliphatic heterocycles. The number of nitrogens with one attached hydrogen (secondary N) is 1. The fourth-order valence-electron chi connectivity index (χ4n) is 5.42. The fourth-order valence-corrected chi connectivity index (χ4v) is 5.42. The second-order valence-electron chi connectivity index (χ2n) is 9.75. The third kappa shape index (κ3) is 4.01. The molecule has 190 valence electrons. The van der Waals surface area contributed by atoms with Crippen LogP contribution in [-0.4, -0.2) is 21.2 Å². The highest BCUT2D eigenvalue weighted by molar-refractivity contribution is 6.14. The molecule has 0 radical (unpaired) electrons. The van der Waals surface area contributed by atoms with E-state index in [1.165, 1.54) is 5.39 Å². The number of hydrogen-bond donors (Lipinski definition) is 2. The van der Waals surface area contributed by atoms with E-state index >= 15 is 0 Å². The van der Waals surface area contributed by atoms with Crippen molar-refractivity contribution in [1.82, 2.24) is 9.55 Å². The second-order valence-corrected chi connectivity index (χ2v) is 9.75. The van der Waals surface area contributed by atoms with Gasteiger partial charge in [0, 0.05) is 40.0 Å². The molecule has 0 atom stereocenters. The van der Waals surface area contributed by atoms with Crippen LogP contribution in [0.5, 0.6) is 0 Å². The SMILES string of the molecule is N=C(/N=C(\N)c1cc2ccccc2cc1-c1ccc(-n2c3ccccc3c3cnccc32)cc1)c1ccccc1. The van der Waals surface area contributed by atoms with Gasteiger partial charge in [-0.05, 0) is 58.3 Å². The summed E-state index contributed by atoms with van der Waals surface area (Å²) in [6.07, 6.45) is 3.77. The van der Waals surface area contributed by atoms with Crippen molar-refractivity contribution in [3.8, 4) is 16.8 Å². The Balaban J connectivity index is 1.36. The lowest BCUT2D eigenvalue weighted by molar-refractivity contribution is 1.17.